The number of unbranched alkanes of at least 4 members (excludes halogenated alkanes) is 1. The summed E-state index contributed by atoms with van der Waals surface area (Å²) >= 11 is 0. The summed E-state index contributed by atoms with van der Waals surface area (Å²) in [6, 6.07) is 27.9. The molecule has 0 nitrogen and oxygen atoms in total. The van der Waals surface area contributed by atoms with Crippen LogP contribution in [0.15, 0.2) is 78.9 Å². The Morgan fingerprint density at radius 3 is 1.84 bits per heavy atom. The van der Waals surface area contributed by atoms with Crippen LogP contribution in [0.4, 0.5) is 0 Å². The van der Waals surface area contributed by atoms with E-state index in [2.05, 4.69) is 85.8 Å². The van der Waals surface area contributed by atoms with E-state index >= 15 is 0 Å². The monoisotopic (exact) mass is 446 g/mol. The quantitative estimate of drug-likeness (QED) is 0.400. The normalized spacial score (nSPS) is 9.32. The third-order valence-corrected chi connectivity index (χ3v) is 4.07. The minimum Gasteiger partial charge on any atom is -1.00 e. The fourth-order valence-electron chi connectivity index (χ4n) is 2.87. The Hall–Kier alpha value is -0.877. The van der Waals surface area contributed by atoms with E-state index in [1.54, 1.807) is 0 Å². The van der Waals surface area contributed by atoms with E-state index < -0.39 is 0 Å². The van der Waals surface area contributed by atoms with Gasteiger partial charge in [-0.25, -0.2) is 6.07 Å². The second-order valence-electron chi connectivity index (χ2n) is 5.72. The first-order valence-electron chi connectivity index (χ1n) is 8.12. The van der Waals surface area contributed by atoms with Crippen molar-refractivity contribution in [1.82, 2.24) is 0 Å². The Morgan fingerprint density at radius 1 is 0.800 bits per heavy atom. The molecule has 3 heteroatoms. The van der Waals surface area contributed by atoms with Crippen molar-refractivity contribution in [1.29, 1.82) is 0 Å². The van der Waals surface area contributed by atoms with Crippen molar-refractivity contribution in [3.05, 3.63) is 84.4 Å². The standard InChI is InChI=1S/C13H9.C9H13.2ClH.Zr/c1-3-7-12-10(5-1)9-11-6-2-4-8-13(11)12;1-2-3-6-9-7-4-5-8-9;;;/h1-9H;4-5,7-8H,2-3,6H2,1H3;2*1H;/q2*-1;;;+4/p-2. The maximum Gasteiger partial charge on any atom is 4.00 e. The Labute approximate surface area is 182 Å². The third-order valence-electron chi connectivity index (χ3n) is 4.07. The molecule has 4 aromatic carbocycles. The van der Waals surface area contributed by atoms with Crippen LogP contribution in [0.1, 0.15) is 25.3 Å². The van der Waals surface area contributed by atoms with Crippen molar-refractivity contribution < 1.29 is 51.0 Å². The molecule has 0 unspecified atom stereocenters. The van der Waals surface area contributed by atoms with Gasteiger partial charge in [0.1, 0.15) is 0 Å². The van der Waals surface area contributed by atoms with Crippen LogP contribution in [0.25, 0.3) is 21.5 Å². The van der Waals surface area contributed by atoms with Crippen LogP contribution in [0, 0.1) is 0 Å². The summed E-state index contributed by atoms with van der Waals surface area (Å²) in [5.41, 5.74) is 1.48. The van der Waals surface area contributed by atoms with Gasteiger partial charge < -0.3 is 24.8 Å². The summed E-state index contributed by atoms with van der Waals surface area (Å²) in [5, 5.41) is 5.39. The number of fused-ring (bicyclic) bond motifs is 3. The van der Waals surface area contributed by atoms with Gasteiger partial charge in [-0.15, -0.1) is 39.7 Å². The molecule has 0 spiro atoms. The second-order valence-corrected chi connectivity index (χ2v) is 5.72. The van der Waals surface area contributed by atoms with Gasteiger partial charge in [-0.05, 0) is 0 Å². The molecule has 128 valence electrons. The van der Waals surface area contributed by atoms with Crippen molar-refractivity contribution in [2.24, 2.45) is 0 Å². The molecule has 0 aliphatic rings. The van der Waals surface area contributed by atoms with Gasteiger partial charge in [0.25, 0.3) is 0 Å². The number of benzene rings is 2. The molecule has 25 heavy (non-hydrogen) atoms. The smallest absolute Gasteiger partial charge is 1.00 e. The van der Waals surface area contributed by atoms with Gasteiger partial charge in [0.05, 0.1) is 0 Å². The van der Waals surface area contributed by atoms with Crippen LogP contribution in [0.5, 0.6) is 0 Å². The zero-order chi connectivity index (χ0) is 15.2. The molecule has 0 aliphatic heterocycles. The maximum atomic E-state index is 2.24. The average molecular weight is 449 g/mol. The second kappa shape index (κ2) is 12.5. The first-order chi connectivity index (χ1) is 10.9. The number of rotatable bonds is 3. The van der Waals surface area contributed by atoms with E-state index in [1.807, 2.05) is 0 Å². The molecule has 0 N–H and O–H groups in total. The van der Waals surface area contributed by atoms with E-state index in [1.165, 1.54) is 46.4 Å². The summed E-state index contributed by atoms with van der Waals surface area (Å²) in [5.74, 6) is 0. The number of hydrogen-bond donors (Lipinski definition) is 0. The molecule has 0 amide bonds. The maximum absolute atomic E-state index is 2.24. The average Bonchev–Trinajstić information content (AvgIpc) is 3.21. The molecule has 4 aromatic rings. The summed E-state index contributed by atoms with van der Waals surface area (Å²) in [7, 11) is 0. The van der Waals surface area contributed by atoms with Crippen LogP contribution in [-0.2, 0) is 32.6 Å². The molecule has 0 atom stereocenters. The van der Waals surface area contributed by atoms with Gasteiger partial charge in [0.2, 0.25) is 0 Å². The fourth-order valence-corrected chi connectivity index (χ4v) is 2.87. The molecular formula is C22H22Cl2Zr. The topological polar surface area (TPSA) is 0 Å². The molecule has 0 heterocycles. The van der Waals surface area contributed by atoms with Crippen LogP contribution in [0.3, 0.4) is 0 Å². The first kappa shape index (κ1) is 24.1. The summed E-state index contributed by atoms with van der Waals surface area (Å²) in [6.45, 7) is 2.23. The SMILES string of the molecule is CCCCc1cc[cH-]c1.[Cl-].[Cl-].[Zr+4].c1ccc2c(c1)[cH-]c1ccccc12. The predicted octanol–water partition coefficient (Wildman–Crippen LogP) is 0.466. The zero-order valence-electron chi connectivity index (χ0n) is 14.4. The summed E-state index contributed by atoms with van der Waals surface area (Å²) < 4.78 is 0. The van der Waals surface area contributed by atoms with Crippen LogP contribution in [0.2, 0.25) is 0 Å². The Kier molecular flexibility index (Phi) is 12.0. The van der Waals surface area contributed by atoms with Gasteiger partial charge in [-0.3, -0.25) is 0 Å². The van der Waals surface area contributed by atoms with E-state index in [9.17, 15) is 0 Å². The van der Waals surface area contributed by atoms with Gasteiger partial charge in [-0.1, -0.05) is 62.6 Å². The first-order valence-corrected chi connectivity index (χ1v) is 8.12. The van der Waals surface area contributed by atoms with Crippen molar-refractivity contribution >= 4 is 21.5 Å². The summed E-state index contributed by atoms with van der Waals surface area (Å²) in [6.07, 6.45) is 3.87. The molecule has 4 rings (SSSR count). The van der Waals surface area contributed by atoms with Crippen molar-refractivity contribution in [2.45, 2.75) is 26.2 Å². The molecule has 0 saturated carbocycles. The number of halogens is 2. The van der Waals surface area contributed by atoms with Crippen molar-refractivity contribution in [3.8, 4) is 0 Å². The fraction of sp³-hybridized carbons (Fsp3) is 0.182. The molecule has 0 bridgehead atoms. The van der Waals surface area contributed by atoms with Crippen LogP contribution in [-0.4, -0.2) is 0 Å². The minimum atomic E-state index is 0. The Balaban J connectivity index is 0.000000435. The van der Waals surface area contributed by atoms with Crippen molar-refractivity contribution in [3.63, 3.8) is 0 Å². The van der Waals surface area contributed by atoms with E-state index in [0.717, 1.165) is 0 Å². The minimum absolute atomic E-state index is 0. The van der Waals surface area contributed by atoms with Crippen LogP contribution < -0.4 is 24.8 Å². The van der Waals surface area contributed by atoms with Gasteiger partial charge in [0, 0.05) is 0 Å². The summed E-state index contributed by atoms with van der Waals surface area (Å²) in [4.78, 5) is 0. The van der Waals surface area contributed by atoms with E-state index in [-0.39, 0.29) is 51.0 Å². The van der Waals surface area contributed by atoms with Crippen molar-refractivity contribution in [2.75, 3.05) is 0 Å². The Bertz CT molecular complexity index is 781. The van der Waals surface area contributed by atoms with E-state index in [0.29, 0.717) is 0 Å². The molecule has 0 aliphatic carbocycles. The third kappa shape index (κ3) is 6.41. The van der Waals surface area contributed by atoms with Crippen LogP contribution >= 0.6 is 0 Å². The Morgan fingerprint density at radius 2 is 1.36 bits per heavy atom. The largest absolute Gasteiger partial charge is 4.00 e. The molecule has 0 aromatic heterocycles. The van der Waals surface area contributed by atoms with Gasteiger partial charge >= 0.3 is 26.2 Å². The molecular weight excluding hydrogens is 426 g/mol. The number of hydrogen-bond acceptors (Lipinski definition) is 0. The van der Waals surface area contributed by atoms with E-state index in [4.69, 9.17) is 0 Å². The zero-order valence-corrected chi connectivity index (χ0v) is 18.4. The number of aryl methyl sites for hydroxylation is 1. The van der Waals surface area contributed by atoms with Gasteiger partial charge in [0.15, 0.2) is 0 Å². The van der Waals surface area contributed by atoms with Gasteiger partial charge in [-0.2, -0.15) is 23.8 Å². The molecule has 0 fully saturated rings. The molecule has 0 saturated heterocycles. The molecule has 0 radical (unpaired) electrons. The predicted molar refractivity (Wildman–Crippen MR) is 97.7 cm³/mol.